The van der Waals surface area contributed by atoms with Gasteiger partial charge in [0.25, 0.3) is 0 Å². The molecule has 10 atom stereocenters. The lowest BCUT2D eigenvalue weighted by Crippen LogP contribution is -2.67. The van der Waals surface area contributed by atoms with Crippen LogP contribution in [0.1, 0.15) is 132 Å². The molecule has 6 nitrogen and oxygen atoms in total. The maximum Gasteiger partial charge on any atom is 0.407 e. The summed E-state index contributed by atoms with van der Waals surface area (Å²) >= 11 is 0. The molecule has 6 heteroatoms. The van der Waals surface area contributed by atoms with Crippen molar-refractivity contribution in [1.29, 1.82) is 0 Å². The van der Waals surface area contributed by atoms with Crippen LogP contribution in [-0.4, -0.2) is 35.6 Å². The number of ether oxygens (including phenoxy) is 1. The summed E-state index contributed by atoms with van der Waals surface area (Å²) in [6, 6.07) is 0. The topological polar surface area (TPSA) is 92.7 Å². The van der Waals surface area contributed by atoms with E-state index in [2.05, 4.69) is 53.8 Å². The van der Waals surface area contributed by atoms with Gasteiger partial charge in [-0.3, -0.25) is 9.59 Å². The second-order valence-electron chi connectivity index (χ2n) is 16.9. The number of carboxylic acids is 1. The number of hydrogen-bond donors (Lipinski definition) is 2. The van der Waals surface area contributed by atoms with Crippen molar-refractivity contribution in [3.05, 3.63) is 0 Å². The molecule has 0 radical (unpaired) electrons. The Hall–Kier alpha value is -1.59. The van der Waals surface area contributed by atoms with Crippen LogP contribution in [0.3, 0.4) is 0 Å². The molecule has 42 heavy (non-hydrogen) atoms. The summed E-state index contributed by atoms with van der Waals surface area (Å²) in [7, 11) is 0. The molecule has 2 N–H and O–H groups in total. The number of carbonyl (C=O) groups is 3. The molecule has 0 spiro atoms. The third-order valence-corrected chi connectivity index (χ3v) is 15.0. The first kappa shape index (κ1) is 31.8. The molecular weight excluding hydrogens is 526 g/mol. The number of amides is 1. The highest BCUT2D eigenvalue weighted by atomic mass is 16.6. The van der Waals surface area contributed by atoms with Crippen molar-refractivity contribution in [3.8, 4) is 0 Å². The van der Waals surface area contributed by atoms with Gasteiger partial charge in [-0.2, -0.15) is 0 Å². The van der Waals surface area contributed by atoms with Gasteiger partial charge in [0.2, 0.25) is 0 Å². The Balaban J connectivity index is 1.46. The van der Waals surface area contributed by atoms with E-state index in [4.69, 9.17) is 4.74 Å². The van der Waals surface area contributed by atoms with Gasteiger partial charge in [-0.25, -0.2) is 4.79 Å². The number of fused-ring (bicyclic) bond motifs is 7. The van der Waals surface area contributed by atoms with Gasteiger partial charge in [0, 0.05) is 23.8 Å². The van der Waals surface area contributed by atoms with E-state index in [-0.39, 0.29) is 57.9 Å². The number of aliphatic carboxylic acids is 1. The first-order valence-electron chi connectivity index (χ1n) is 17.3. The third kappa shape index (κ3) is 4.49. The number of nitrogens with one attached hydrogen (secondary N) is 1. The van der Waals surface area contributed by atoms with Crippen molar-refractivity contribution in [2.75, 3.05) is 6.54 Å². The average molecular weight is 586 g/mol. The summed E-state index contributed by atoms with van der Waals surface area (Å²) in [5.41, 5.74) is 0.162. The molecule has 0 heterocycles. The van der Waals surface area contributed by atoms with Crippen molar-refractivity contribution in [2.45, 2.75) is 139 Å². The number of ketones is 1. The third-order valence-electron chi connectivity index (χ3n) is 15.0. The lowest BCUT2D eigenvalue weighted by Gasteiger charge is -2.73. The first-order chi connectivity index (χ1) is 19.6. The quantitative estimate of drug-likeness (QED) is 0.314. The second-order valence-corrected chi connectivity index (χ2v) is 16.9. The minimum absolute atomic E-state index is 0.0400. The van der Waals surface area contributed by atoms with Crippen LogP contribution in [-0.2, 0) is 14.3 Å². The first-order valence-corrected chi connectivity index (χ1v) is 17.3. The summed E-state index contributed by atoms with van der Waals surface area (Å²) < 4.78 is 6.04. The number of alkyl carbamates (subject to hydrolysis) is 1. The van der Waals surface area contributed by atoms with Crippen LogP contribution in [0, 0.1) is 62.6 Å². The summed E-state index contributed by atoms with van der Waals surface area (Å²) in [6.45, 7) is 19.7. The molecule has 238 valence electrons. The average Bonchev–Trinajstić information content (AvgIpc) is 3.31. The van der Waals surface area contributed by atoms with Crippen LogP contribution in [0.5, 0.6) is 0 Å². The maximum absolute atomic E-state index is 14.0. The molecule has 0 aromatic rings. The molecule has 0 aromatic heterocycles. The van der Waals surface area contributed by atoms with Gasteiger partial charge >= 0.3 is 12.1 Å². The molecule has 5 fully saturated rings. The summed E-state index contributed by atoms with van der Waals surface area (Å²) in [6.07, 6.45) is 10.6. The highest BCUT2D eigenvalue weighted by Gasteiger charge is 2.72. The molecule has 0 aliphatic heterocycles. The number of rotatable bonds is 7. The number of carbonyl (C=O) groups excluding carboxylic acids is 2. The second kappa shape index (κ2) is 10.8. The molecule has 0 bridgehead atoms. The Morgan fingerprint density at radius 2 is 1.55 bits per heavy atom. The molecule has 5 saturated carbocycles. The fraction of sp³-hybridized carbons (Fsp3) is 0.917. The van der Waals surface area contributed by atoms with Crippen LogP contribution in [0.4, 0.5) is 4.79 Å². The van der Waals surface area contributed by atoms with Crippen molar-refractivity contribution in [2.24, 2.45) is 62.6 Å². The zero-order valence-electron chi connectivity index (χ0n) is 27.8. The Bertz CT molecular complexity index is 1080. The fourth-order valence-corrected chi connectivity index (χ4v) is 12.8. The van der Waals surface area contributed by atoms with E-state index in [1.807, 2.05) is 6.92 Å². The van der Waals surface area contributed by atoms with Gasteiger partial charge in [0.1, 0.15) is 11.9 Å². The van der Waals surface area contributed by atoms with Gasteiger partial charge in [0.05, 0.1) is 6.42 Å². The molecular formula is C36H59NO5. The van der Waals surface area contributed by atoms with E-state index in [9.17, 15) is 19.5 Å². The zero-order chi connectivity index (χ0) is 30.9. The molecule has 0 saturated heterocycles. The van der Waals surface area contributed by atoms with E-state index in [1.165, 1.54) is 19.3 Å². The van der Waals surface area contributed by atoms with Gasteiger partial charge in [-0.1, -0.05) is 48.5 Å². The molecule has 0 aromatic carbocycles. The van der Waals surface area contributed by atoms with Crippen LogP contribution in [0.2, 0.25) is 0 Å². The minimum atomic E-state index is -0.859. The van der Waals surface area contributed by atoms with Crippen molar-refractivity contribution >= 4 is 17.8 Å². The Morgan fingerprint density at radius 1 is 0.833 bits per heavy atom. The molecule has 1 amide bonds. The Labute approximate surface area is 254 Å². The van der Waals surface area contributed by atoms with E-state index < -0.39 is 5.97 Å². The highest BCUT2D eigenvalue weighted by molar-refractivity contribution is 5.88. The zero-order valence-corrected chi connectivity index (χ0v) is 27.8. The predicted octanol–water partition coefficient (Wildman–Crippen LogP) is 8.27. The molecule has 5 unspecified atom stereocenters. The SMILES string of the molecule is CCNC(=O)O[C@@H]1CC[C@@]2(C)C(CC[C@]3(C)C2CCC2C4C(C(C)C)CC[C@]4(C(=O)CCC(=O)O)CC[C@]23C)C1(C)C. The smallest absolute Gasteiger partial charge is 0.407 e. The van der Waals surface area contributed by atoms with Crippen LogP contribution >= 0.6 is 0 Å². The minimum Gasteiger partial charge on any atom is -0.481 e. The van der Waals surface area contributed by atoms with Crippen molar-refractivity contribution < 1.29 is 24.2 Å². The summed E-state index contributed by atoms with van der Waals surface area (Å²) in [5.74, 6) is 2.47. The van der Waals surface area contributed by atoms with E-state index in [1.54, 1.807) is 0 Å². The van der Waals surface area contributed by atoms with Gasteiger partial charge < -0.3 is 15.2 Å². The Morgan fingerprint density at radius 3 is 2.19 bits per heavy atom. The summed E-state index contributed by atoms with van der Waals surface area (Å²) in [5, 5.41) is 12.2. The van der Waals surface area contributed by atoms with Crippen LogP contribution < -0.4 is 5.32 Å². The highest BCUT2D eigenvalue weighted by Crippen LogP contribution is 2.77. The van der Waals surface area contributed by atoms with Crippen molar-refractivity contribution in [3.63, 3.8) is 0 Å². The predicted molar refractivity (Wildman–Crippen MR) is 165 cm³/mol. The van der Waals surface area contributed by atoms with Gasteiger partial charge in [-0.15, -0.1) is 0 Å². The maximum atomic E-state index is 14.0. The standard InChI is InChI=1S/C36H59NO5/c1-9-37-31(41)42-28-16-17-33(6)25(32(28,4)5)15-18-35(8)26(33)11-10-24-30-23(22(2)3)14-19-36(30,21-20-34(24,35)7)27(38)12-13-29(39)40/h22-26,28,30H,9-21H2,1-8H3,(H,37,41)(H,39,40)/t23?,24?,25?,26?,28-,30?,33+,34-,35-,36-/m1/s1. The monoisotopic (exact) mass is 585 g/mol. The molecule has 5 aliphatic carbocycles. The van der Waals surface area contributed by atoms with Gasteiger partial charge in [0.15, 0.2) is 0 Å². The van der Waals surface area contributed by atoms with Crippen LogP contribution in [0.15, 0.2) is 0 Å². The molecule has 5 rings (SSSR count). The number of carboxylic acid groups (broad SMARTS) is 1. The fourth-order valence-electron chi connectivity index (χ4n) is 12.8. The van der Waals surface area contributed by atoms with Gasteiger partial charge in [-0.05, 0) is 123 Å². The Kier molecular flexibility index (Phi) is 8.17. The summed E-state index contributed by atoms with van der Waals surface area (Å²) in [4.78, 5) is 37.9. The number of hydrogen-bond acceptors (Lipinski definition) is 4. The van der Waals surface area contributed by atoms with Crippen LogP contribution in [0.25, 0.3) is 0 Å². The lowest BCUT2D eigenvalue weighted by molar-refractivity contribution is -0.247. The van der Waals surface area contributed by atoms with E-state index in [0.29, 0.717) is 42.1 Å². The van der Waals surface area contributed by atoms with Crippen molar-refractivity contribution in [1.82, 2.24) is 5.32 Å². The largest absolute Gasteiger partial charge is 0.481 e. The van der Waals surface area contributed by atoms with E-state index in [0.717, 1.165) is 44.9 Å². The molecule has 5 aliphatic rings. The lowest BCUT2D eigenvalue weighted by atomic mass is 9.32. The van der Waals surface area contributed by atoms with E-state index >= 15 is 0 Å². The normalized spacial score (nSPS) is 45.6. The number of Topliss-reactive ketones (excluding diaryl/α,β-unsaturated/α-hetero) is 1.